The van der Waals surface area contributed by atoms with Crippen LogP contribution in [0.3, 0.4) is 0 Å². The number of hydrogen-bond donors (Lipinski definition) is 1. The molecule has 2 aromatic carbocycles. The van der Waals surface area contributed by atoms with Crippen LogP contribution < -0.4 is 5.32 Å². The normalized spacial score (nSPS) is 17.9. The van der Waals surface area contributed by atoms with E-state index in [1.165, 1.54) is 12.5 Å². The van der Waals surface area contributed by atoms with Crippen LogP contribution in [-0.2, 0) is 11.3 Å². The quantitative estimate of drug-likeness (QED) is 0.846. The molecule has 1 saturated heterocycles. The third kappa shape index (κ3) is 4.77. The zero-order chi connectivity index (χ0) is 17.6. The first kappa shape index (κ1) is 17.4. The van der Waals surface area contributed by atoms with Crippen molar-refractivity contribution in [3.63, 3.8) is 0 Å². The van der Waals surface area contributed by atoms with Gasteiger partial charge < -0.3 is 5.32 Å². The molecular weight excluding hydrogens is 312 g/mol. The molecule has 4 nitrogen and oxygen atoms in total. The molecule has 25 heavy (non-hydrogen) atoms. The lowest BCUT2D eigenvalue weighted by Crippen LogP contribution is -2.40. The monoisotopic (exact) mass is 336 g/mol. The summed E-state index contributed by atoms with van der Waals surface area (Å²) >= 11 is 0. The molecule has 1 atom stereocenters. The Morgan fingerprint density at radius 3 is 2.68 bits per heavy atom. The van der Waals surface area contributed by atoms with Crippen LogP contribution in [0.5, 0.6) is 0 Å². The zero-order valence-corrected chi connectivity index (χ0v) is 14.6. The summed E-state index contributed by atoms with van der Waals surface area (Å²) in [4.78, 5) is 26.4. The standard InChI is InChI=1S/C21H24N2O2/c1-16(24)18-9-5-11-20(13-18)22-21(25)19-10-6-12-23(15-19)14-17-7-3-2-4-8-17/h2-5,7-9,11,13,19H,6,10,12,14-15H2,1H3,(H,22,25). The number of benzene rings is 2. The fourth-order valence-electron chi connectivity index (χ4n) is 3.32. The maximum atomic E-state index is 12.6. The van der Waals surface area contributed by atoms with E-state index in [1.54, 1.807) is 18.2 Å². The first-order valence-corrected chi connectivity index (χ1v) is 8.80. The lowest BCUT2D eigenvalue weighted by molar-refractivity contribution is -0.121. The Morgan fingerprint density at radius 2 is 1.92 bits per heavy atom. The molecule has 1 fully saturated rings. The third-order valence-electron chi connectivity index (χ3n) is 4.66. The van der Waals surface area contributed by atoms with Crippen molar-refractivity contribution in [3.8, 4) is 0 Å². The summed E-state index contributed by atoms with van der Waals surface area (Å²) in [5, 5.41) is 2.97. The summed E-state index contributed by atoms with van der Waals surface area (Å²) in [5.41, 5.74) is 2.59. The summed E-state index contributed by atoms with van der Waals surface area (Å²) in [6.07, 6.45) is 1.93. The van der Waals surface area contributed by atoms with Crippen LogP contribution in [0, 0.1) is 5.92 Å². The number of ketones is 1. The maximum absolute atomic E-state index is 12.6. The number of rotatable bonds is 5. The van der Waals surface area contributed by atoms with Crippen molar-refractivity contribution in [1.29, 1.82) is 0 Å². The van der Waals surface area contributed by atoms with Gasteiger partial charge in [-0.2, -0.15) is 0 Å². The average molecular weight is 336 g/mol. The minimum atomic E-state index is -0.0153. The number of carbonyl (C=O) groups is 2. The Bertz CT molecular complexity index is 743. The summed E-state index contributed by atoms with van der Waals surface area (Å²) < 4.78 is 0. The van der Waals surface area contributed by atoms with Gasteiger partial charge in [-0.25, -0.2) is 0 Å². The number of Topliss-reactive ketones (excluding diaryl/α,β-unsaturated/α-hetero) is 1. The van der Waals surface area contributed by atoms with E-state index in [2.05, 4.69) is 22.3 Å². The molecule has 1 heterocycles. The molecular formula is C21H24N2O2. The molecule has 1 N–H and O–H groups in total. The van der Waals surface area contributed by atoms with E-state index in [-0.39, 0.29) is 17.6 Å². The highest BCUT2D eigenvalue weighted by Gasteiger charge is 2.25. The minimum absolute atomic E-state index is 0.00259. The number of likely N-dealkylation sites (tertiary alicyclic amines) is 1. The van der Waals surface area contributed by atoms with Crippen LogP contribution >= 0.6 is 0 Å². The molecule has 1 aliphatic heterocycles. The molecule has 0 aliphatic carbocycles. The van der Waals surface area contributed by atoms with Gasteiger partial charge in [0.25, 0.3) is 0 Å². The minimum Gasteiger partial charge on any atom is -0.326 e. The number of amides is 1. The highest BCUT2D eigenvalue weighted by Crippen LogP contribution is 2.21. The van der Waals surface area contributed by atoms with Gasteiger partial charge in [-0.3, -0.25) is 14.5 Å². The number of hydrogen-bond acceptors (Lipinski definition) is 3. The fraction of sp³-hybridized carbons (Fsp3) is 0.333. The molecule has 1 aliphatic rings. The van der Waals surface area contributed by atoms with Gasteiger partial charge in [0.2, 0.25) is 5.91 Å². The van der Waals surface area contributed by atoms with Gasteiger partial charge in [0.05, 0.1) is 5.92 Å². The van der Waals surface area contributed by atoms with Gasteiger partial charge in [-0.15, -0.1) is 0 Å². The van der Waals surface area contributed by atoms with E-state index in [1.807, 2.05) is 24.3 Å². The molecule has 2 aromatic rings. The largest absolute Gasteiger partial charge is 0.326 e. The summed E-state index contributed by atoms with van der Waals surface area (Å²) in [6.45, 7) is 4.21. The predicted molar refractivity (Wildman–Crippen MR) is 99.5 cm³/mol. The number of nitrogens with one attached hydrogen (secondary N) is 1. The Balaban J connectivity index is 1.60. The van der Waals surface area contributed by atoms with Crippen LogP contribution in [0.25, 0.3) is 0 Å². The molecule has 0 spiro atoms. The SMILES string of the molecule is CC(=O)c1cccc(NC(=O)C2CCCN(Cc3ccccc3)C2)c1. The molecule has 0 radical (unpaired) electrons. The van der Waals surface area contributed by atoms with Crippen LogP contribution in [0.15, 0.2) is 54.6 Å². The summed E-state index contributed by atoms with van der Waals surface area (Å²) in [7, 11) is 0. The van der Waals surface area contributed by atoms with Crippen molar-refractivity contribution in [2.45, 2.75) is 26.3 Å². The van der Waals surface area contributed by atoms with Crippen LogP contribution in [-0.4, -0.2) is 29.7 Å². The van der Waals surface area contributed by atoms with Crippen molar-refractivity contribution >= 4 is 17.4 Å². The van der Waals surface area contributed by atoms with E-state index < -0.39 is 0 Å². The van der Waals surface area contributed by atoms with Gasteiger partial charge in [-0.1, -0.05) is 42.5 Å². The van der Waals surface area contributed by atoms with E-state index in [0.29, 0.717) is 11.3 Å². The number of anilines is 1. The second-order valence-corrected chi connectivity index (χ2v) is 6.69. The smallest absolute Gasteiger partial charge is 0.228 e. The molecule has 1 unspecified atom stereocenters. The third-order valence-corrected chi connectivity index (χ3v) is 4.66. The molecule has 130 valence electrons. The zero-order valence-electron chi connectivity index (χ0n) is 14.6. The maximum Gasteiger partial charge on any atom is 0.228 e. The average Bonchev–Trinajstić information content (AvgIpc) is 2.63. The Morgan fingerprint density at radius 1 is 1.12 bits per heavy atom. The number of carbonyl (C=O) groups excluding carboxylic acids is 2. The van der Waals surface area contributed by atoms with Gasteiger partial charge >= 0.3 is 0 Å². The van der Waals surface area contributed by atoms with Gasteiger partial charge in [0.1, 0.15) is 0 Å². The van der Waals surface area contributed by atoms with Crippen molar-refractivity contribution in [2.75, 3.05) is 18.4 Å². The van der Waals surface area contributed by atoms with E-state index in [0.717, 1.165) is 32.5 Å². The molecule has 3 rings (SSSR count). The number of piperidine rings is 1. The first-order valence-electron chi connectivity index (χ1n) is 8.80. The van der Waals surface area contributed by atoms with E-state index in [9.17, 15) is 9.59 Å². The Labute approximate surface area is 148 Å². The highest BCUT2D eigenvalue weighted by atomic mass is 16.2. The Kier molecular flexibility index (Phi) is 5.61. The molecule has 0 bridgehead atoms. The summed E-state index contributed by atoms with van der Waals surface area (Å²) in [6, 6.07) is 17.5. The van der Waals surface area contributed by atoms with E-state index >= 15 is 0 Å². The van der Waals surface area contributed by atoms with Gasteiger partial charge in [-0.05, 0) is 44.0 Å². The lowest BCUT2D eigenvalue weighted by Gasteiger charge is -2.32. The second-order valence-electron chi connectivity index (χ2n) is 6.69. The molecule has 0 saturated carbocycles. The van der Waals surface area contributed by atoms with Crippen LogP contribution in [0.2, 0.25) is 0 Å². The molecule has 1 amide bonds. The second kappa shape index (κ2) is 8.08. The number of nitrogens with zero attached hydrogens (tertiary/aromatic N) is 1. The molecule has 4 heteroatoms. The van der Waals surface area contributed by atoms with Crippen LogP contribution in [0.1, 0.15) is 35.7 Å². The van der Waals surface area contributed by atoms with E-state index in [4.69, 9.17) is 0 Å². The topological polar surface area (TPSA) is 49.4 Å². The highest BCUT2D eigenvalue weighted by molar-refractivity contribution is 5.97. The van der Waals surface area contributed by atoms with Crippen molar-refractivity contribution < 1.29 is 9.59 Å². The first-order chi connectivity index (χ1) is 12.1. The van der Waals surface area contributed by atoms with Crippen molar-refractivity contribution in [3.05, 3.63) is 65.7 Å². The van der Waals surface area contributed by atoms with Gasteiger partial charge in [0.15, 0.2) is 5.78 Å². The van der Waals surface area contributed by atoms with Crippen molar-refractivity contribution in [2.24, 2.45) is 5.92 Å². The predicted octanol–water partition coefficient (Wildman–Crippen LogP) is 3.74. The fourth-order valence-corrected chi connectivity index (χ4v) is 3.32. The van der Waals surface area contributed by atoms with Crippen LogP contribution in [0.4, 0.5) is 5.69 Å². The van der Waals surface area contributed by atoms with Crippen molar-refractivity contribution in [1.82, 2.24) is 4.90 Å². The molecule has 0 aromatic heterocycles. The summed E-state index contributed by atoms with van der Waals surface area (Å²) in [5.74, 6) is 0.0275. The van der Waals surface area contributed by atoms with Gasteiger partial charge in [0, 0.05) is 24.3 Å². The Hall–Kier alpha value is -2.46. The lowest BCUT2D eigenvalue weighted by atomic mass is 9.96.